The van der Waals surface area contributed by atoms with Gasteiger partial charge in [-0.3, -0.25) is 9.59 Å². The van der Waals surface area contributed by atoms with Crippen LogP contribution in [-0.4, -0.2) is 29.8 Å². The van der Waals surface area contributed by atoms with Crippen molar-refractivity contribution in [1.82, 2.24) is 10.2 Å². The Morgan fingerprint density at radius 1 is 0.906 bits per heavy atom. The highest BCUT2D eigenvalue weighted by atomic mass is 35.5. The number of amides is 2. The number of rotatable bonds is 8. The molecule has 0 heterocycles. The average molecular weight is 473 g/mol. The van der Waals surface area contributed by atoms with Gasteiger partial charge in [-0.2, -0.15) is 0 Å². The first kappa shape index (κ1) is 23.8. The first-order valence-corrected chi connectivity index (χ1v) is 10.9. The molecule has 0 unspecified atom stereocenters. The third-order valence-corrected chi connectivity index (χ3v) is 5.88. The van der Waals surface area contributed by atoms with Gasteiger partial charge in [0.25, 0.3) is 0 Å². The molecular weight excluding hydrogens is 450 g/mol. The van der Waals surface area contributed by atoms with Crippen LogP contribution in [0.1, 0.15) is 16.7 Å². The van der Waals surface area contributed by atoms with E-state index >= 15 is 0 Å². The molecule has 0 spiro atoms. The van der Waals surface area contributed by atoms with Crippen molar-refractivity contribution in [2.24, 2.45) is 0 Å². The summed E-state index contributed by atoms with van der Waals surface area (Å²) in [6.45, 7) is 0.131. The summed E-state index contributed by atoms with van der Waals surface area (Å²) in [5, 5.41) is 3.42. The maximum Gasteiger partial charge on any atom is 0.242 e. The lowest BCUT2D eigenvalue weighted by atomic mass is 10.0. The number of carbonyl (C=O) groups is 2. The zero-order chi connectivity index (χ0) is 23.1. The van der Waals surface area contributed by atoms with Crippen LogP contribution in [0, 0.1) is 5.82 Å². The van der Waals surface area contributed by atoms with Gasteiger partial charge < -0.3 is 10.2 Å². The normalized spacial score (nSPS) is 11.6. The van der Waals surface area contributed by atoms with Gasteiger partial charge in [0.1, 0.15) is 11.9 Å². The fraction of sp³-hybridized carbons (Fsp3) is 0.200. The SMILES string of the molecule is CNC(=O)[C@H](Cc1ccccc1)N(Cc1ccc(F)cc1)C(=O)Cc1c(Cl)cccc1Cl. The largest absolute Gasteiger partial charge is 0.357 e. The van der Waals surface area contributed by atoms with Crippen molar-refractivity contribution in [2.45, 2.75) is 25.4 Å². The van der Waals surface area contributed by atoms with Crippen molar-refractivity contribution >= 4 is 35.0 Å². The molecule has 0 saturated heterocycles. The Morgan fingerprint density at radius 3 is 2.12 bits per heavy atom. The molecule has 0 aliphatic carbocycles. The number of halogens is 3. The quantitative estimate of drug-likeness (QED) is 0.497. The molecule has 2 amide bonds. The zero-order valence-electron chi connectivity index (χ0n) is 17.5. The number of benzene rings is 3. The number of hydrogen-bond acceptors (Lipinski definition) is 2. The lowest BCUT2D eigenvalue weighted by Gasteiger charge is -2.31. The monoisotopic (exact) mass is 472 g/mol. The standard InChI is InChI=1S/C25H23Cl2FN2O2/c1-29-25(32)23(14-17-6-3-2-4-7-17)30(16-18-10-12-19(28)13-11-18)24(31)15-20-21(26)8-5-9-22(20)27/h2-13,23H,14-16H2,1H3,(H,29,32)/t23-/m0/s1. The second-order valence-electron chi connectivity index (χ2n) is 7.34. The lowest BCUT2D eigenvalue weighted by molar-refractivity contribution is -0.140. The minimum Gasteiger partial charge on any atom is -0.357 e. The Kier molecular flexibility index (Phi) is 8.26. The van der Waals surface area contributed by atoms with E-state index in [4.69, 9.17) is 23.2 Å². The van der Waals surface area contributed by atoms with Crippen LogP contribution in [0.15, 0.2) is 72.8 Å². The molecule has 1 N–H and O–H groups in total. The Hall–Kier alpha value is -2.89. The third kappa shape index (κ3) is 6.09. The molecule has 3 aromatic carbocycles. The first-order valence-electron chi connectivity index (χ1n) is 10.1. The van der Waals surface area contributed by atoms with Gasteiger partial charge in [-0.1, -0.05) is 71.7 Å². The van der Waals surface area contributed by atoms with E-state index in [0.717, 1.165) is 5.56 Å². The topological polar surface area (TPSA) is 49.4 Å². The van der Waals surface area contributed by atoms with E-state index in [9.17, 15) is 14.0 Å². The number of likely N-dealkylation sites (N-methyl/N-ethyl adjacent to an activating group) is 1. The molecule has 0 aromatic heterocycles. The molecule has 4 nitrogen and oxygen atoms in total. The summed E-state index contributed by atoms with van der Waals surface area (Å²) in [5.74, 6) is -0.981. The van der Waals surface area contributed by atoms with Crippen LogP contribution >= 0.6 is 23.2 Å². The molecule has 1 atom stereocenters. The van der Waals surface area contributed by atoms with Gasteiger partial charge in [0, 0.05) is 30.1 Å². The highest BCUT2D eigenvalue weighted by Gasteiger charge is 2.30. The molecule has 32 heavy (non-hydrogen) atoms. The van der Waals surface area contributed by atoms with Crippen LogP contribution in [0.5, 0.6) is 0 Å². The number of carbonyl (C=O) groups excluding carboxylic acids is 2. The van der Waals surface area contributed by atoms with E-state index < -0.39 is 6.04 Å². The zero-order valence-corrected chi connectivity index (χ0v) is 19.0. The first-order chi connectivity index (χ1) is 15.4. The summed E-state index contributed by atoms with van der Waals surface area (Å²) in [7, 11) is 1.53. The van der Waals surface area contributed by atoms with Crippen molar-refractivity contribution in [1.29, 1.82) is 0 Å². The van der Waals surface area contributed by atoms with E-state index in [2.05, 4.69) is 5.32 Å². The fourth-order valence-electron chi connectivity index (χ4n) is 3.46. The average Bonchev–Trinajstić information content (AvgIpc) is 2.80. The Labute approximate surface area is 197 Å². The van der Waals surface area contributed by atoms with E-state index in [1.54, 1.807) is 30.3 Å². The van der Waals surface area contributed by atoms with Crippen molar-refractivity contribution in [3.05, 3.63) is 105 Å². The van der Waals surface area contributed by atoms with Gasteiger partial charge in [0.2, 0.25) is 11.8 Å². The lowest BCUT2D eigenvalue weighted by Crippen LogP contribution is -2.50. The van der Waals surface area contributed by atoms with Crippen LogP contribution < -0.4 is 5.32 Å². The maximum atomic E-state index is 13.5. The third-order valence-electron chi connectivity index (χ3n) is 5.17. The number of nitrogens with one attached hydrogen (secondary N) is 1. The smallest absolute Gasteiger partial charge is 0.242 e. The highest BCUT2D eigenvalue weighted by Crippen LogP contribution is 2.26. The maximum absolute atomic E-state index is 13.5. The Bertz CT molecular complexity index is 1050. The molecule has 3 rings (SSSR count). The number of hydrogen-bond donors (Lipinski definition) is 1. The van der Waals surface area contributed by atoms with Crippen LogP contribution in [0.2, 0.25) is 10.0 Å². The van der Waals surface area contributed by atoms with Gasteiger partial charge >= 0.3 is 0 Å². The second-order valence-corrected chi connectivity index (χ2v) is 8.16. The summed E-state index contributed by atoms with van der Waals surface area (Å²) in [4.78, 5) is 27.9. The predicted molar refractivity (Wildman–Crippen MR) is 125 cm³/mol. The molecule has 0 aliphatic heterocycles. The van der Waals surface area contributed by atoms with Crippen LogP contribution in [0.25, 0.3) is 0 Å². The number of nitrogens with zero attached hydrogens (tertiary/aromatic N) is 1. The van der Waals surface area contributed by atoms with E-state index in [-0.39, 0.29) is 30.6 Å². The van der Waals surface area contributed by atoms with Gasteiger partial charge in [-0.05, 0) is 41.0 Å². The summed E-state index contributed by atoms with van der Waals surface area (Å²) in [5.41, 5.74) is 2.11. The van der Waals surface area contributed by atoms with E-state index in [1.165, 1.54) is 24.1 Å². The van der Waals surface area contributed by atoms with Gasteiger partial charge in [0.15, 0.2) is 0 Å². The molecular formula is C25H23Cl2FN2O2. The molecule has 0 radical (unpaired) electrons. The molecule has 0 bridgehead atoms. The molecule has 0 saturated carbocycles. The van der Waals surface area contributed by atoms with Crippen molar-refractivity contribution in [3.8, 4) is 0 Å². The predicted octanol–water partition coefficient (Wildman–Crippen LogP) is 5.06. The fourth-order valence-corrected chi connectivity index (χ4v) is 3.99. The minimum absolute atomic E-state index is 0.0675. The van der Waals surface area contributed by atoms with Crippen LogP contribution in [0.3, 0.4) is 0 Å². The van der Waals surface area contributed by atoms with Crippen molar-refractivity contribution < 1.29 is 14.0 Å². The minimum atomic E-state index is -0.777. The summed E-state index contributed by atoms with van der Waals surface area (Å²) in [6.07, 6.45) is 0.256. The van der Waals surface area contributed by atoms with Crippen molar-refractivity contribution in [3.63, 3.8) is 0 Å². The summed E-state index contributed by atoms with van der Waals surface area (Å²) in [6, 6.07) is 19.6. The molecule has 7 heteroatoms. The molecule has 166 valence electrons. The van der Waals surface area contributed by atoms with E-state index in [1.807, 2.05) is 30.3 Å². The van der Waals surface area contributed by atoms with Crippen LogP contribution in [-0.2, 0) is 29.0 Å². The van der Waals surface area contributed by atoms with Crippen molar-refractivity contribution in [2.75, 3.05) is 7.05 Å². The second kappa shape index (κ2) is 11.1. The van der Waals surface area contributed by atoms with E-state index in [0.29, 0.717) is 27.6 Å². The van der Waals surface area contributed by atoms with Gasteiger partial charge in [-0.25, -0.2) is 4.39 Å². The van der Waals surface area contributed by atoms with Gasteiger partial charge in [0.05, 0.1) is 6.42 Å². The summed E-state index contributed by atoms with van der Waals surface area (Å²) < 4.78 is 13.4. The molecule has 0 aliphatic rings. The van der Waals surface area contributed by atoms with Crippen LogP contribution in [0.4, 0.5) is 4.39 Å². The molecule has 0 fully saturated rings. The summed E-state index contributed by atoms with van der Waals surface area (Å²) >= 11 is 12.6. The van der Waals surface area contributed by atoms with Gasteiger partial charge in [-0.15, -0.1) is 0 Å². The highest BCUT2D eigenvalue weighted by molar-refractivity contribution is 6.36. The Balaban J connectivity index is 1.97. The molecule has 3 aromatic rings. The Morgan fingerprint density at radius 2 is 1.53 bits per heavy atom.